The van der Waals surface area contributed by atoms with Crippen LogP contribution in [0.3, 0.4) is 0 Å². The lowest BCUT2D eigenvalue weighted by Gasteiger charge is -2.28. The molecule has 0 radical (unpaired) electrons. The minimum atomic E-state index is 0.566. The van der Waals surface area contributed by atoms with E-state index in [9.17, 15) is 0 Å². The molecule has 164 valence electrons. The maximum absolute atomic E-state index is 5.53. The van der Waals surface area contributed by atoms with E-state index < -0.39 is 0 Å². The van der Waals surface area contributed by atoms with Crippen LogP contribution in [0.25, 0.3) is 11.4 Å². The van der Waals surface area contributed by atoms with Gasteiger partial charge in [0.2, 0.25) is 5.95 Å². The van der Waals surface area contributed by atoms with E-state index >= 15 is 0 Å². The Morgan fingerprint density at radius 3 is 2.56 bits per heavy atom. The lowest BCUT2D eigenvalue weighted by Crippen LogP contribution is -2.37. The molecule has 4 aromatic rings. The van der Waals surface area contributed by atoms with Gasteiger partial charge in [-0.25, -0.2) is 0 Å². The number of ether oxygens (including phenoxy) is 1. The number of hydrogen-bond donors (Lipinski definition) is 0. The lowest BCUT2D eigenvalue weighted by molar-refractivity contribution is 0.122. The van der Waals surface area contributed by atoms with Gasteiger partial charge in [-0.15, -0.1) is 15.3 Å². The summed E-state index contributed by atoms with van der Waals surface area (Å²) >= 11 is 1.57. The normalized spacial score (nSPS) is 14.1. The summed E-state index contributed by atoms with van der Waals surface area (Å²) in [5, 5.41) is 22.2. The van der Waals surface area contributed by atoms with Crippen molar-refractivity contribution < 1.29 is 4.74 Å². The summed E-state index contributed by atoms with van der Waals surface area (Å²) in [6.07, 6.45) is 0.969. The van der Waals surface area contributed by atoms with Crippen molar-refractivity contribution >= 4 is 17.7 Å². The zero-order valence-corrected chi connectivity index (χ0v) is 18.6. The molecule has 0 amide bonds. The molecule has 9 nitrogen and oxygen atoms in total. The van der Waals surface area contributed by atoms with Crippen LogP contribution >= 0.6 is 11.8 Å². The first-order chi connectivity index (χ1) is 15.8. The molecule has 0 N–H and O–H groups in total. The number of benzene rings is 2. The van der Waals surface area contributed by atoms with Crippen LogP contribution in [0.15, 0.2) is 59.8 Å². The first-order valence-corrected chi connectivity index (χ1v) is 11.6. The number of aromatic nitrogens is 7. The SMILES string of the molecule is CCc1cccc(-n2c(SCc3nnnn3-c3ccccc3)nnc2N2CCOCC2)c1. The zero-order valence-electron chi connectivity index (χ0n) is 17.8. The first-order valence-electron chi connectivity index (χ1n) is 10.7. The molecular formula is C22H24N8OS. The predicted octanol–water partition coefficient (Wildman–Crippen LogP) is 2.93. The molecule has 2 aromatic heterocycles. The summed E-state index contributed by atoms with van der Waals surface area (Å²) in [4.78, 5) is 2.23. The fraction of sp³-hybridized carbons (Fsp3) is 0.318. The molecule has 0 aliphatic carbocycles. The Balaban J connectivity index is 1.47. The number of rotatable bonds is 7. The number of tetrazole rings is 1. The molecule has 1 fully saturated rings. The van der Waals surface area contributed by atoms with E-state index in [0.717, 1.165) is 47.8 Å². The highest BCUT2D eigenvalue weighted by Gasteiger charge is 2.22. The Labute approximate surface area is 190 Å². The fourth-order valence-electron chi connectivity index (χ4n) is 3.66. The molecule has 2 aromatic carbocycles. The second-order valence-corrected chi connectivity index (χ2v) is 8.31. The van der Waals surface area contributed by atoms with Gasteiger partial charge >= 0.3 is 0 Å². The molecule has 5 rings (SSSR count). The highest BCUT2D eigenvalue weighted by Crippen LogP contribution is 2.29. The zero-order chi connectivity index (χ0) is 21.8. The van der Waals surface area contributed by atoms with Gasteiger partial charge in [0.1, 0.15) is 0 Å². The van der Waals surface area contributed by atoms with Crippen LogP contribution in [0.1, 0.15) is 18.3 Å². The van der Waals surface area contributed by atoms with E-state index in [1.54, 1.807) is 16.4 Å². The highest BCUT2D eigenvalue weighted by atomic mass is 32.2. The molecule has 10 heteroatoms. The average molecular weight is 449 g/mol. The second kappa shape index (κ2) is 9.49. The standard InChI is InChI=1S/C22H24N8OS/c1-2-17-7-6-10-19(15-17)29-21(28-11-13-31-14-12-28)24-25-22(29)32-16-20-23-26-27-30(20)18-8-4-3-5-9-18/h3-10,15H,2,11-14,16H2,1H3. The molecule has 1 aliphatic heterocycles. The van der Waals surface area contributed by atoms with Crippen LogP contribution in [-0.4, -0.2) is 61.3 Å². The van der Waals surface area contributed by atoms with Gasteiger partial charge in [0.15, 0.2) is 11.0 Å². The first kappa shape index (κ1) is 20.7. The van der Waals surface area contributed by atoms with Gasteiger partial charge in [-0.2, -0.15) is 4.68 Å². The Bertz CT molecular complexity index is 1170. The van der Waals surface area contributed by atoms with Gasteiger partial charge in [-0.05, 0) is 46.7 Å². The number of morpholine rings is 1. The summed E-state index contributed by atoms with van der Waals surface area (Å²) in [6, 6.07) is 18.4. The van der Waals surface area contributed by atoms with E-state index in [1.165, 1.54) is 5.56 Å². The summed E-state index contributed by atoms with van der Waals surface area (Å²) in [5.41, 5.74) is 3.26. The van der Waals surface area contributed by atoms with Gasteiger partial charge in [0.05, 0.1) is 30.3 Å². The minimum absolute atomic E-state index is 0.566. The van der Waals surface area contributed by atoms with Crippen LogP contribution in [0.5, 0.6) is 0 Å². The van der Waals surface area contributed by atoms with E-state index in [0.29, 0.717) is 19.0 Å². The van der Waals surface area contributed by atoms with Crippen molar-refractivity contribution in [3.63, 3.8) is 0 Å². The molecular weight excluding hydrogens is 424 g/mol. The summed E-state index contributed by atoms with van der Waals surface area (Å²) in [7, 11) is 0. The molecule has 1 aliphatic rings. The molecule has 0 unspecified atom stereocenters. The second-order valence-electron chi connectivity index (χ2n) is 7.37. The predicted molar refractivity (Wildman–Crippen MR) is 122 cm³/mol. The third kappa shape index (κ3) is 4.23. The topological polar surface area (TPSA) is 86.8 Å². The lowest BCUT2D eigenvalue weighted by atomic mass is 10.1. The summed E-state index contributed by atoms with van der Waals surface area (Å²) in [5.74, 6) is 2.16. The quantitative estimate of drug-likeness (QED) is 0.399. The van der Waals surface area contributed by atoms with Crippen molar-refractivity contribution in [1.82, 2.24) is 35.0 Å². The number of para-hydroxylation sites is 1. The maximum Gasteiger partial charge on any atom is 0.232 e. The number of anilines is 1. The molecule has 32 heavy (non-hydrogen) atoms. The van der Waals surface area contributed by atoms with Crippen LogP contribution in [0.4, 0.5) is 5.95 Å². The Morgan fingerprint density at radius 1 is 0.938 bits per heavy atom. The van der Waals surface area contributed by atoms with Crippen LogP contribution < -0.4 is 4.90 Å². The molecule has 1 saturated heterocycles. The number of aryl methyl sites for hydroxylation is 1. The van der Waals surface area contributed by atoms with Crippen molar-refractivity contribution in [2.75, 3.05) is 31.2 Å². The molecule has 3 heterocycles. The van der Waals surface area contributed by atoms with E-state index in [4.69, 9.17) is 4.74 Å². The monoisotopic (exact) mass is 448 g/mol. The van der Waals surface area contributed by atoms with Gasteiger partial charge < -0.3 is 9.64 Å². The Kier molecular flexibility index (Phi) is 6.13. The van der Waals surface area contributed by atoms with Gasteiger partial charge in [-0.3, -0.25) is 4.57 Å². The number of thioether (sulfide) groups is 1. The fourth-order valence-corrected chi connectivity index (χ4v) is 4.51. The van der Waals surface area contributed by atoms with E-state index in [-0.39, 0.29) is 0 Å². The average Bonchev–Trinajstić information content (AvgIpc) is 3.51. The van der Waals surface area contributed by atoms with Crippen LogP contribution in [0, 0.1) is 0 Å². The Morgan fingerprint density at radius 2 is 1.75 bits per heavy atom. The minimum Gasteiger partial charge on any atom is -0.378 e. The number of nitrogens with zero attached hydrogens (tertiary/aromatic N) is 8. The van der Waals surface area contributed by atoms with Crippen LogP contribution in [0.2, 0.25) is 0 Å². The summed E-state index contributed by atoms with van der Waals surface area (Å²) < 4.78 is 9.42. The van der Waals surface area contributed by atoms with Crippen molar-refractivity contribution in [2.45, 2.75) is 24.3 Å². The van der Waals surface area contributed by atoms with Gasteiger partial charge in [0.25, 0.3) is 0 Å². The van der Waals surface area contributed by atoms with Crippen molar-refractivity contribution in [1.29, 1.82) is 0 Å². The third-order valence-electron chi connectivity index (χ3n) is 5.35. The molecule has 0 saturated carbocycles. The maximum atomic E-state index is 5.53. The van der Waals surface area contributed by atoms with Crippen LogP contribution in [-0.2, 0) is 16.9 Å². The molecule has 0 bridgehead atoms. The number of hydrogen-bond acceptors (Lipinski definition) is 8. The highest BCUT2D eigenvalue weighted by molar-refractivity contribution is 7.98. The largest absolute Gasteiger partial charge is 0.378 e. The van der Waals surface area contributed by atoms with Gasteiger partial charge in [-0.1, -0.05) is 49.0 Å². The smallest absolute Gasteiger partial charge is 0.232 e. The molecule has 0 spiro atoms. The Hall–Kier alpha value is -3.24. The van der Waals surface area contributed by atoms with Gasteiger partial charge in [0, 0.05) is 13.1 Å². The van der Waals surface area contributed by atoms with Crippen molar-refractivity contribution in [3.8, 4) is 11.4 Å². The third-order valence-corrected chi connectivity index (χ3v) is 6.28. The van der Waals surface area contributed by atoms with E-state index in [2.05, 4.69) is 66.4 Å². The summed E-state index contributed by atoms with van der Waals surface area (Å²) in [6.45, 7) is 5.13. The molecule has 0 atom stereocenters. The van der Waals surface area contributed by atoms with Crippen molar-refractivity contribution in [3.05, 3.63) is 66.0 Å². The van der Waals surface area contributed by atoms with Crippen molar-refractivity contribution in [2.24, 2.45) is 0 Å². The van der Waals surface area contributed by atoms with E-state index in [1.807, 2.05) is 30.3 Å².